The van der Waals surface area contributed by atoms with Crippen molar-refractivity contribution in [3.8, 4) is 5.75 Å². The molecule has 3 rings (SSSR count). The van der Waals surface area contributed by atoms with Crippen LogP contribution in [0.3, 0.4) is 0 Å². The number of anilines is 1. The van der Waals surface area contributed by atoms with Crippen LogP contribution < -0.4 is 10.1 Å². The van der Waals surface area contributed by atoms with Gasteiger partial charge in [-0.2, -0.15) is 8.78 Å². The Hall–Kier alpha value is -2.75. The van der Waals surface area contributed by atoms with E-state index in [1.54, 1.807) is 10.3 Å². The fourth-order valence-electron chi connectivity index (χ4n) is 2.85. The number of nitrogens with zero attached hydrogens (tertiary/aromatic N) is 2. The van der Waals surface area contributed by atoms with Gasteiger partial charge in [0.25, 0.3) is 5.91 Å². The number of ether oxygens (including phenoxy) is 2. The zero-order valence-electron chi connectivity index (χ0n) is 16.2. The quantitative estimate of drug-likeness (QED) is 0.790. The van der Waals surface area contributed by atoms with Gasteiger partial charge in [-0.25, -0.2) is 4.79 Å². The second kappa shape index (κ2) is 8.32. The molecule has 0 bridgehead atoms. The lowest BCUT2D eigenvalue weighted by atomic mass is 10.0. The van der Waals surface area contributed by atoms with E-state index in [9.17, 15) is 18.4 Å². The van der Waals surface area contributed by atoms with E-state index in [1.165, 1.54) is 23.6 Å². The first-order valence-corrected chi connectivity index (χ1v) is 9.79. The summed E-state index contributed by atoms with van der Waals surface area (Å²) in [6, 6.07) is 1.28. The Labute approximate surface area is 170 Å². The van der Waals surface area contributed by atoms with Crippen LogP contribution in [0.1, 0.15) is 41.6 Å². The van der Waals surface area contributed by atoms with Gasteiger partial charge in [0.2, 0.25) is 0 Å². The average molecular weight is 425 g/mol. The van der Waals surface area contributed by atoms with Crippen molar-refractivity contribution in [1.29, 1.82) is 0 Å². The molecule has 0 saturated carbocycles. The Morgan fingerprint density at radius 2 is 2.07 bits per heavy atom. The standard InChI is InChI=1S/C19H21F2N3O4S/c1-19(2,3)28-18(26)24-5-4-13-14(10-29-15(13)9-24)16(25)23-11-6-12(8-22-7-11)27-17(20)21/h6-8,10,17H,4-5,9H2,1-3H3,(H,23,25). The maximum atomic E-state index is 12.7. The Bertz CT molecular complexity index is 911. The summed E-state index contributed by atoms with van der Waals surface area (Å²) in [5, 5.41) is 4.38. The van der Waals surface area contributed by atoms with Gasteiger partial charge >= 0.3 is 12.7 Å². The lowest BCUT2D eigenvalue weighted by molar-refractivity contribution is -0.0500. The maximum absolute atomic E-state index is 12.7. The maximum Gasteiger partial charge on any atom is 0.410 e. The second-order valence-electron chi connectivity index (χ2n) is 7.44. The lowest BCUT2D eigenvalue weighted by Crippen LogP contribution is -2.39. The van der Waals surface area contributed by atoms with Crippen molar-refractivity contribution in [1.82, 2.24) is 9.88 Å². The third-order valence-electron chi connectivity index (χ3n) is 4.04. The van der Waals surface area contributed by atoms with Gasteiger partial charge in [-0.1, -0.05) is 0 Å². The number of fused-ring (bicyclic) bond motifs is 1. The first-order valence-electron chi connectivity index (χ1n) is 8.91. The molecule has 0 aliphatic carbocycles. The molecule has 29 heavy (non-hydrogen) atoms. The zero-order chi connectivity index (χ0) is 21.2. The Morgan fingerprint density at radius 1 is 1.31 bits per heavy atom. The van der Waals surface area contributed by atoms with Crippen molar-refractivity contribution in [2.45, 2.75) is 45.9 Å². The molecule has 0 aromatic carbocycles. The first kappa shape index (κ1) is 21.0. The number of thiophene rings is 1. The van der Waals surface area contributed by atoms with Crippen LogP contribution >= 0.6 is 11.3 Å². The minimum atomic E-state index is -2.97. The monoisotopic (exact) mass is 425 g/mol. The third-order valence-corrected chi connectivity index (χ3v) is 5.05. The van der Waals surface area contributed by atoms with E-state index < -0.39 is 12.2 Å². The van der Waals surface area contributed by atoms with Crippen LogP contribution in [0.15, 0.2) is 23.8 Å². The van der Waals surface area contributed by atoms with Crippen LogP contribution in [0.2, 0.25) is 0 Å². The zero-order valence-corrected chi connectivity index (χ0v) is 17.0. The molecule has 0 fully saturated rings. The molecule has 0 radical (unpaired) electrons. The van der Waals surface area contributed by atoms with Crippen molar-refractivity contribution < 1.29 is 27.8 Å². The minimum Gasteiger partial charge on any atom is -0.444 e. The molecule has 0 saturated heterocycles. The number of rotatable bonds is 4. The molecule has 7 nitrogen and oxygen atoms in total. The van der Waals surface area contributed by atoms with Crippen LogP contribution in [0.25, 0.3) is 0 Å². The highest BCUT2D eigenvalue weighted by atomic mass is 32.1. The van der Waals surface area contributed by atoms with Gasteiger partial charge in [-0.15, -0.1) is 11.3 Å². The summed E-state index contributed by atoms with van der Waals surface area (Å²) < 4.78 is 34.4. The van der Waals surface area contributed by atoms with Gasteiger partial charge in [0, 0.05) is 22.9 Å². The number of aromatic nitrogens is 1. The van der Waals surface area contributed by atoms with Gasteiger partial charge in [-0.05, 0) is 32.8 Å². The largest absolute Gasteiger partial charge is 0.444 e. The van der Waals surface area contributed by atoms with Crippen molar-refractivity contribution in [2.75, 3.05) is 11.9 Å². The molecule has 2 aromatic heterocycles. The van der Waals surface area contributed by atoms with Gasteiger partial charge in [-0.3, -0.25) is 9.78 Å². The van der Waals surface area contributed by atoms with Crippen molar-refractivity contribution in [3.63, 3.8) is 0 Å². The summed E-state index contributed by atoms with van der Waals surface area (Å²) in [7, 11) is 0. The predicted octanol–water partition coefficient (Wildman–Crippen LogP) is 4.29. The van der Waals surface area contributed by atoms with Crippen LogP contribution in [0.5, 0.6) is 5.75 Å². The molecule has 1 N–H and O–H groups in total. The highest BCUT2D eigenvalue weighted by Gasteiger charge is 2.29. The summed E-state index contributed by atoms with van der Waals surface area (Å²) >= 11 is 1.39. The molecule has 1 aliphatic rings. The molecular weight excluding hydrogens is 404 g/mol. The number of pyridine rings is 1. The third kappa shape index (κ3) is 5.41. The normalized spacial score (nSPS) is 13.8. The number of hydrogen-bond donors (Lipinski definition) is 1. The highest BCUT2D eigenvalue weighted by molar-refractivity contribution is 7.10. The van der Waals surface area contributed by atoms with E-state index in [1.807, 2.05) is 20.8 Å². The molecule has 1 aliphatic heterocycles. The van der Waals surface area contributed by atoms with Crippen molar-refractivity contribution >= 4 is 29.0 Å². The molecule has 156 valence electrons. The molecule has 0 atom stereocenters. The summed E-state index contributed by atoms with van der Waals surface area (Å²) in [5.74, 6) is -0.512. The number of hydrogen-bond acceptors (Lipinski definition) is 6. The smallest absolute Gasteiger partial charge is 0.410 e. The highest BCUT2D eigenvalue weighted by Crippen LogP contribution is 2.30. The van der Waals surface area contributed by atoms with Crippen LogP contribution in [-0.4, -0.2) is 40.6 Å². The lowest BCUT2D eigenvalue weighted by Gasteiger charge is -2.30. The number of carbonyl (C=O) groups is 2. The molecule has 10 heteroatoms. The van der Waals surface area contributed by atoms with E-state index in [-0.39, 0.29) is 23.4 Å². The average Bonchev–Trinajstić information content (AvgIpc) is 3.03. The number of amides is 2. The molecule has 0 spiro atoms. The Balaban J connectivity index is 1.68. The van der Waals surface area contributed by atoms with Crippen molar-refractivity contribution in [3.05, 3.63) is 39.8 Å². The molecule has 3 heterocycles. The molecule has 0 unspecified atom stereocenters. The SMILES string of the molecule is CC(C)(C)OC(=O)N1CCc2c(C(=O)Nc3cncc(OC(F)F)c3)csc2C1. The number of carbonyl (C=O) groups excluding carboxylic acids is 2. The Morgan fingerprint density at radius 3 is 2.76 bits per heavy atom. The Kier molecular flexibility index (Phi) is 6.02. The van der Waals surface area contributed by atoms with Crippen LogP contribution in [0.4, 0.5) is 19.3 Å². The van der Waals surface area contributed by atoms with Gasteiger partial charge in [0.1, 0.15) is 11.4 Å². The molecule has 2 amide bonds. The summed E-state index contributed by atoms with van der Waals surface area (Å²) in [4.78, 5) is 31.2. The van der Waals surface area contributed by atoms with E-state index in [2.05, 4.69) is 15.0 Å². The fraction of sp³-hybridized carbons (Fsp3) is 0.421. The van der Waals surface area contributed by atoms with Crippen molar-refractivity contribution in [2.24, 2.45) is 0 Å². The van der Waals surface area contributed by atoms with Crippen LogP contribution in [-0.2, 0) is 17.7 Å². The van der Waals surface area contributed by atoms with E-state index in [4.69, 9.17) is 4.74 Å². The van der Waals surface area contributed by atoms with E-state index in [0.717, 1.165) is 16.6 Å². The number of nitrogens with one attached hydrogen (secondary N) is 1. The van der Waals surface area contributed by atoms with Gasteiger partial charge in [0.05, 0.1) is 30.2 Å². The minimum absolute atomic E-state index is 0.141. The molecular formula is C19H21F2N3O4S. The fourth-order valence-corrected chi connectivity index (χ4v) is 3.95. The number of alkyl halides is 2. The summed E-state index contributed by atoms with van der Waals surface area (Å²) in [6.45, 7) is 3.28. The first-order chi connectivity index (χ1) is 13.6. The topological polar surface area (TPSA) is 80.8 Å². The van der Waals surface area contributed by atoms with Gasteiger partial charge in [0.15, 0.2) is 0 Å². The van der Waals surface area contributed by atoms with Gasteiger partial charge < -0.3 is 19.7 Å². The second-order valence-corrected chi connectivity index (χ2v) is 8.41. The molecule has 2 aromatic rings. The number of halogens is 2. The predicted molar refractivity (Wildman–Crippen MR) is 103 cm³/mol. The van der Waals surface area contributed by atoms with E-state index in [0.29, 0.717) is 25.1 Å². The van der Waals surface area contributed by atoms with E-state index >= 15 is 0 Å². The summed E-state index contributed by atoms with van der Waals surface area (Å²) in [6.07, 6.45) is 2.62. The van der Waals surface area contributed by atoms with Crippen LogP contribution in [0, 0.1) is 0 Å². The summed E-state index contributed by atoms with van der Waals surface area (Å²) in [5.41, 5.74) is 1.04.